The van der Waals surface area contributed by atoms with E-state index >= 15 is 0 Å². The molecule has 0 bridgehead atoms. The molecule has 0 atom stereocenters. The molecule has 0 radical (unpaired) electrons. The standard InChI is InChI=1S/C17H20ClNOS/c1-12(2)19-11-13-8-9-14(18)10-17(13)21-16-7-5-4-6-15(16)20-3/h4-10,12,19H,11H2,1-3H3. The predicted molar refractivity (Wildman–Crippen MR) is 90.5 cm³/mol. The average molecular weight is 322 g/mol. The van der Waals surface area contributed by atoms with Crippen LogP contribution >= 0.6 is 23.4 Å². The van der Waals surface area contributed by atoms with Gasteiger partial charge in [0.25, 0.3) is 0 Å². The molecule has 0 fully saturated rings. The molecular weight excluding hydrogens is 302 g/mol. The molecule has 2 aromatic carbocycles. The lowest BCUT2D eigenvalue weighted by molar-refractivity contribution is 0.405. The van der Waals surface area contributed by atoms with E-state index < -0.39 is 0 Å². The van der Waals surface area contributed by atoms with Gasteiger partial charge in [-0.3, -0.25) is 0 Å². The lowest BCUT2D eigenvalue weighted by Gasteiger charge is -2.14. The molecule has 0 spiro atoms. The van der Waals surface area contributed by atoms with Crippen LogP contribution in [0.2, 0.25) is 5.02 Å². The van der Waals surface area contributed by atoms with E-state index in [-0.39, 0.29) is 0 Å². The first kappa shape index (κ1) is 16.2. The number of nitrogens with one attached hydrogen (secondary N) is 1. The fourth-order valence-electron chi connectivity index (χ4n) is 1.91. The van der Waals surface area contributed by atoms with Gasteiger partial charge in [0.1, 0.15) is 5.75 Å². The molecule has 2 rings (SSSR count). The molecule has 2 nitrogen and oxygen atoms in total. The predicted octanol–water partition coefficient (Wildman–Crippen LogP) is 5.00. The van der Waals surface area contributed by atoms with Gasteiger partial charge in [0.15, 0.2) is 0 Å². The molecule has 1 N–H and O–H groups in total. The summed E-state index contributed by atoms with van der Waals surface area (Å²) < 4.78 is 5.42. The Bertz CT molecular complexity index is 601. The van der Waals surface area contributed by atoms with Gasteiger partial charge < -0.3 is 10.1 Å². The summed E-state index contributed by atoms with van der Waals surface area (Å²) in [5.41, 5.74) is 1.24. The van der Waals surface area contributed by atoms with E-state index in [1.807, 2.05) is 30.3 Å². The van der Waals surface area contributed by atoms with Crippen LogP contribution in [0.5, 0.6) is 5.75 Å². The van der Waals surface area contributed by atoms with Crippen molar-refractivity contribution in [1.29, 1.82) is 0 Å². The Hall–Kier alpha value is -1.16. The summed E-state index contributed by atoms with van der Waals surface area (Å²) in [6.07, 6.45) is 0. The molecule has 2 aromatic rings. The van der Waals surface area contributed by atoms with Gasteiger partial charge in [-0.25, -0.2) is 0 Å². The van der Waals surface area contributed by atoms with Crippen molar-refractivity contribution in [2.75, 3.05) is 7.11 Å². The third-order valence-electron chi connectivity index (χ3n) is 3.02. The number of ether oxygens (including phenoxy) is 1. The molecule has 4 heteroatoms. The summed E-state index contributed by atoms with van der Waals surface area (Å²) in [6, 6.07) is 14.5. The number of halogens is 1. The SMILES string of the molecule is COc1ccccc1Sc1cc(Cl)ccc1CNC(C)C. The van der Waals surface area contributed by atoms with Crippen LogP contribution in [0.25, 0.3) is 0 Å². The second-order valence-corrected chi connectivity index (χ2v) is 6.56. The highest BCUT2D eigenvalue weighted by Crippen LogP contribution is 2.37. The lowest BCUT2D eigenvalue weighted by Crippen LogP contribution is -2.22. The maximum absolute atomic E-state index is 6.15. The topological polar surface area (TPSA) is 21.3 Å². The van der Waals surface area contributed by atoms with Crippen LogP contribution in [0.3, 0.4) is 0 Å². The van der Waals surface area contributed by atoms with Crippen LogP contribution in [0.15, 0.2) is 52.3 Å². The number of benzene rings is 2. The minimum absolute atomic E-state index is 0.449. The molecule has 0 unspecified atom stereocenters. The third-order valence-corrected chi connectivity index (χ3v) is 4.41. The van der Waals surface area contributed by atoms with Crippen molar-refractivity contribution < 1.29 is 4.74 Å². The normalized spacial score (nSPS) is 10.9. The van der Waals surface area contributed by atoms with Crippen LogP contribution < -0.4 is 10.1 Å². The number of hydrogen-bond acceptors (Lipinski definition) is 3. The van der Waals surface area contributed by atoms with Gasteiger partial charge >= 0.3 is 0 Å². The molecule has 0 aliphatic heterocycles. The zero-order chi connectivity index (χ0) is 15.2. The summed E-state index contributed by atoms with van der Waals surface area (Å²) in [6.45, 7) is 5.11. The second kappa shape index (κ2) is 7.74. The summed E-state index contributed by atoms with van der Waals surface area (Å²) in [7, 11) is 1.69. The van der Waals surface area contributed by atoms with Gasteiger partial charge in [-0.15, -0.1) is 0 Å². The summed E-state index contributed by atoms with van der Waals surface area (Å²) >= 11 is 7.84. The number of hydrogen-bond donors (Lipinski definition) is 1. The van der Waals surface area contributed by atoms with Crippen molar-refractivity contribution in [2.45, 2.75) is 36.2 Å². The third kappa shape index (κ3) is 4.67. The largest absolute Gasteiger partial charge is 0.496 e. The molecule has 0 aliphatic rings. The number of methoxy groups -OCH3 is 1. The number of para-hydroxylation sites is 1. The van der Waals surface area contributed by atoms with Crippen molar-refractivity contribution in [3.8, 4) is 5.75 Å². The van der Waals surface area contributed by atoms with Gasteiger partial charge in [0, 0.05) is 22.5 Å². The lowest BCUT2D eigenvalue weighted by atomic mass is 10.2. The summed E-state index contributed by atoms with van der Waals surface area (Å²) in [4.78, 5) is 2.24. The Labute approximate surface area is 135 Å². The molecule has 0 heterocycles. The van der Waals surface area contributed by atoms with Crippen LogP contribution in [0.4, 0.5) is 0 Å². The maximum atomic E-state index is 6.15. The van der Waals surface area contributed by atoms with E-state index in [0.717, 1.165) is 27.1 Å². The summed E-state index contributed by atoms with van der Waals surface area (Å²) in [5.74, 6) is 0.880. The van der Waals surface area contributed by atoms with Gasteiger partial charge in [0.2, 0.25) is 0 Å². The smallest absolute Gasteiger partial charge is 0.132 e. The fourth-order valence-corrected chi connectivity index (χ4v) is 3.23. The van der Waals surface area contributed by atoms with E-state index in [1.54, 1.807) is 18.9 Å². The first-order valence-corrected chi connectivity index (χ1v) is 8.12. The Morgan fingerprint density at radius 3 is 2.62 bits per heavy atom. The first-order chi connectivity index (χ1) is 10.1. The Kier molecular flexibility index (Phi) is 5.97. The quantitative estimate of drug-likeness (QED) is 0.809. The van der Waals surface area contributed by atoms with Crippen molar-refractivity contribution >= 4 is 23.4 Å². The molecule has 21 heavy (non-hydrogen) atoms. The highest BCUT2D eigenvalue weighted by Gasteiger charge is 2.09. The Morgan fingerprint density at radius 2 is 1.90 bits per heavy atom. The van der Waals surface area contributed by atoms with Gasteiger partial charge in [0.05, 0.1) is 12.0 Å². The Balaban J connectivity index is 2.27. The van der Waals surface area contributed by atoms with Crippen molar-refractivity contribution in [3.05, 3.63) is 53.1 Å². The van der Waals surface area contributed by atoms with E-state index in [9.17, 15) is 0 Å². The van der Waals surface area contributed by atoms with E-state index in [0.29, 0.717) is 6.04 Å². The van der Waals surface area contributed by atoms with Gasteiger partial charge in [-0.05, 0) is 29.8 Å². The molecule has 0 saturated heterocycles. The van der Waals surface area contributed by atoms with Crippen LogP contribution in [-0.4, -0.2) is 13.2 Å². The maximum Gasteiger partial charge on any atom is 0.132 e. The highest BCUT2D eigenvalue weighted by molar-refractivity contribution is 7.99. The first-order valence-electron chi connectivity index (χ1n) is 6.93. The molecule has 0 aromatic heterocycles. The molecule has 0 aliphatic carbocycles. The van der Waals surface area contributed by atoms with Gasteiger partial charge in [-0.2, -0.15) is 0 Å². The highest BCUT2D eigenvalue weighted by atomic mass is 35.5. The minimum Gasteiger partial charge on any atom is -0.496 e. The monoisotopic (exact) mass is 321 g/mol. The van der Waals surface area contributed by atoms with Crippen LogP contribution in [0, 0.1) is 0 Å². The average Bonchev–Trinajstić information content (AvgIpc) is 2.47. The fraction of sp³-hybridized carbons (Fsp3) is 0.294. The molecule has 112 valence electrons. The second-order valence-electron chi connectivity index (χ2n) is 5.04. The van der Waals surface area contributed by atoms with Crippen LogP contribution in [0.1, 0.15) is 19.4 Å². The summed E-state index contributed by atoms with van der Waals surface area (Å²) in [5, 5.41) is 4.20. The number of rotatable bonds is 6. The van der Waals surface area contributed by atoms with E-state index in [4.69, 9.17) is 16.3 Å². The van der Waals surface area contributed by atoms with Crippen LogP contribution in [-0.2, 0) is 6.54 Å². The van der Waals surface area contributed by atoms with Crippen molar-refractivity contribution in [3.63, 3.8) is 0 Å². The van der Waals surface area contributed by atoms with Crippen molar-refractivity contribution in [2.24, 2.45) is 0 Å². The molecule has 0 amide bonds. The van der Waals surface area contributed by atoms with E-state index in [1.165, 1.54) is 5.56 Å². The Morgan fingerprint density at radius 1 is 1.14 bits per heavy atom. The van der Waals surface area contributed by atoms with E-state index in [2.05, 4.69) is 31.3 Å². The zero-order valence-corrected chi connectivity index (χ0v) is 14.1. The van der Waals surface area contributed by atoms with Crippen molar-refractivity contribution in [1.82, 2.24) is 5.32 Å². The zero-order valence-electron chi connectivity index (χ0n) is 12.5. The molecular formula is C17H20ClNOS. The minimum atomic E-state index is 0.449. The van der Waals surface area contributed by atoms with Gasteiger partial charge in [-0.1, -0.05) is 55.4 Å². The molecule has 0 saturated carbocycles.